The van der Waals surface area contributed by atoms with Gasteiger partial charge in [-0.25, -0.2) is 0 Å². The van der Waals surface area contributed by atoms with Crippen LogP contribution in [0.1, 0.15) is 0 Å². The lowest BCUT2D eigenvalue weighted by Crippen LogP contribution is -1.83. The van der Waals surface area contributed by atoms with Crippen molar-refractivity contribution in [3.63, 3.8) is 0 Å². The molecule has 0 spiro atoms. The summed E-state index contributed by atoms with van der Waals surface area (Å²) in [6, 6.07) is 0. The quantitative estimate of drug-likeness (QED) is 0.342. The van der Waals surface area contributed by atoms with Gasteiger partial charge in [-0.2, -0.15) is 0 Å². The fourth-order valence-corrected chi connectivity index (χ4v) is 0. The highest BCUT2D eigenvalue weighted by Crippen LogP contribution is 1.81. The van der Waals surface area contributed by atoms with Crippen LogP contribution in [0.25, 0.3) is 0 Å². The van der Waals surface area contributed by atoms with Crippen LogP contribution in [0.4, 0.5) is 0 Å². The van der Waals surface area contributed by atoms with Crippen molar-refractivity contribution in [2.45, 2.75) is 0 Å². The Morgan fingerprint density at radius 2 is 3.50 bits per heavy atom. The summed E-state index contributed by atoms with van der Waals surface area (Å²) in [5.41, 5.74) is 0. The van der Waals surface area contributed by atoms with E-state index in [-0.39, 0.29) is 0 Å². The van der Waals surface area contributed by atoms with Gasteiger partial charge >= 0.3 is 0 Å². The molecule has 0 radical (unpaired) electrons. The molecule has 0 saturated heterocycles. The summed E-state index contributed by atoms with van der Waals surface area (Å²) in [6.45, 7) is 0. The normalized spacial score (nSPS) is 17.5. The minimum Gasteiger partial charge on any atom is -0.310 e. The maximum atomic E-state index is 6.70. The monoisotopic (exact) mass is 79.1 g/mol. The van der Waals surface area contributed by atoms with E-state index in [1.807, 2.05) is 0 Å². The van der Waals surface area contributed by atoms with Crippen LogP contribution < -0.4 is 5.08 Å². The Bertz CT molecular complexity index is 34.7. The fourth-order valence-electron chi connectivity index (χ4n) is 0. The Hall–Kier alpha value is 0.455. The summed E-state index contributed by atoms with van der Waals surface area (Å²) in [5.74, 6) is 0. The van der Waals surface area contributed by atoms with Crippen LogP contribution in [0.3, 0.4) is 0 Å². The van der Waals surface area contributed by atoms with Gasteiger partial charge in [0.15, 0.2) is 0 Å². The van der Waals surface area contributed by atoms with Gasteiger partial charge in [-0.05, 0) is 8.38 Å². The molecule has 0 aliphatic rings. The second kappa shape index (κ2) is 3.45. The topological polar surface area (TPSA) is 12.0 Å². The molecule has 0 bridgehead atoms. The molecule has 1 N–H and O–H groups in total. The average molecular weight is 78.9 g/mol. The molecular weight excluding hydrogens is 67.8 g/mol. The molecule has 0 aromatic rings. The SMILES string of the molecule is [3H]BPN([3H])C. The Labute approximate surface area is 32.2 Å². The molecule has 0 amide bonds. The first-order valence-corrected chi connectivity index (χ1v) is 2.18. The van der Waals surface area contributed by atoms with E-state index in [4.69, 9.17) is 2.75 Å². The number of hydrogen-bond donors (Lipinski definition) is 1. The predicted octanol–water partition coefficient (Wildman–Crippen LogP) is -0.653. The van der Waals surface area contributed by atoms with Crippen LogP contribution in [-0.2, 0) is 0 Å². The third kappa shape index (κ3) is 2.45. The maximum Gasteiger partial charge on any atom is 0.148 e. The van der Waals surface area contributed by atoms with Crippen molar-refractivity contribution in [3.05, 3.63) is 0 Å². The van der Waals surface area contributed by atoms with Crippen LogP contribution in [0.15, 0.2) is 0 Å². The lowest BCUT2D eigenvalue weighted by molar-refractivity contribution is 1.30. The maximum absolute atomic E-state index is 6.70. The van der Waals surface area contributed by atoms with Gasteiger partial charge in [-0.15, -0.1) is 8.61 Å². The minimum atomic E-state index is 0.338. The van der Waals surface area contributed by atoms with Crippen molar-refractivity contribution < 1.29 is 1.41 Å². The largest absolute Gasteiger partial charge is 0.310 e. The van der Waals surface area contributed by atoms with E-state index in [0.29, 0.717) is 16.1 Å². The van der Waals surface area contributed by atoms with Crippen LogP contribution in [-0.4, -0.2) is 15.9 Å². The second-order valence-electron chi connectivity index (χ2n) is 0.382. The molecule has 0 aromatic heterocycles. The third-order valence-electron chi connectivity index (χ3n) is 0.158. The van der Waals surface area contributed by atoms with E-state index in [9.17, 15) is 0 Å². The average Bonchev–Trinajstić information content (AvgIpc) is 1.35. The molecule has 0 fully saturated rings. The highest BCUT2D eigenvalue weighted by atomic mass is 31.1. The molecule has 0 aliphatic heterocycles. The minimum absolute atomic E-state index is 0.338. The van der Waals surface area contributed by atoms with Crippen molar-refractivity contribution in [3.8, 4) is 0 Å². The smallest absolute Gasteiger partial charge is 0.148 e. The summed E-state index contributed by atoms with van der Waals surface area (Å²) < 4.78 is 13.3. The molecular formula is CH7BNP. The fraction of sp³-hybridized carbons (Fsp3) is 1.00. The van der Waals surface area contributed by atoms with Crippen LogP contribution >= 0.6 is 8.61 Å². The zero-order valence-electron chi connectivity index (χ0n) is 4.65. The van der Waals surface area contributed by atoms with E-state index in [0.717, 1.165) is 0 Å². The lowest BCUT2D eigenvalue weighted by Gasteiger charge is -1.76. The Kier molecular flexibility index (Phi) is 1.54. The molecule has 0 rings (SSSR count). The molecule has 0 aromatic carbocycles. The summed E-state index contributed by atoms with van der Waals surface area (Å²) in [4.78, 5) is 0. The van der Waals surface area contributed by atoms with Gasteiger partial charge in [0.05, 0.1) is 0 Å². The van der Waals surface area contributed by atoms with Crippen molar-refractivity contribution in [1.29, 1.82) is 1.34 Å². The molecule has 1 nitrogen and oxygen atoms in total. The standard InChI is InChI=1S/CH7BNP/c1-3-4-2/h3-4H,2H2,1H3/i2T/hT. The molecule has 1 unspecified atom stereocenters. The lowest BCUT2D eigenvalue weighted by atomic mass is 10.8. The highest BCUT2D eigenvalue weighted by Gasteiger charge is 1.50. The van der Waals surface area contributed by atoms with E-state index in [1.165, 1.54) is 5.08 Å². The van der Waals surface area contributed by atoms with E-state index >= 15 is 0 Å². The second-order valence-corrected chi connectivity index (χ2v) is 1.15. The summed E-state index contributed by atoms with van der Waals surface area (Å²) in [6.07, 6.45) is 0. The van der Waals surface area contributed by atoms with E-state index in [1.54, 1.807) is 7.05 Å². The highest BCUT2D eigenvalue weighted by molar-refractivity contribution is 7.64. The van der Waals surface area contributed by atoms with E-state index in [2.05, 4.69) is 0 Å². The van der Waals surface area contributed by atoms with Crippen LogP contribution in [0.5, 0.6) is 0 Å². The van der Waals surface area contributed by atoms with Gasteiger partial charge in [-0.3, -0.25) is 0 Å². The van der Waals surface area contributed by atoms with Crippen LogP contribution in [0.2, 0.25) is 1.41 Å². The molecule has 1 atom stereocenters. The summed E-state index contributed by atoms with van der Waals surface area (Å²) >= 11 is 0. The van der Waals surface area contributed by atoms with Gasteiger partial charge in [0.25, 0.3) is 0 Å². The molecule has 4 heavy (non-hydrogen) atoms. The summed E-state index contributed by atoms with van der Waals surface area (Å²) in [5, 5.41) is 1.27. The third-order valence-corrected chi connectivity index (χ3v) is 0.474. The van der Waals surface area contributed by atoms with Gasteiger partial charge in [0.1, 0.15) is 8.94 Å². The van der Waals surface area contributed by atoms with Crippen molar-refractivity contribution >= 4 is 16.1 Å². The molecule has 0 aliphatic carbocycles. The first kappa shape index (κ1) is 1.79. The molecule has 3 heteroatoms. The van der Waals surface area contributed by atoms with Crippen LogP contribution in [0, 0.1) is 0 Å². The van der Waals surface area contributed by atoms with E-state index < -0.39 is 0 Å². The van der Waals surface area contributed by atoms with Gasteiger partial charge in [0.2, 0.25) is 0 Å². The van der Waals surface area contributed by atoms with Crippen molar-refractivity contribution in [1.82, 2.24) is 5.08 Å². The van der Waals surface area contributed by atoms with Crippen molar-refractivity contribution in [2.75, 3.05) is 7.05 Å². The first-order chi connectivity index (χ1) is 2.77. The zero-order chi connectivity index (χ0) is 4.99. The molecule has 24 valence electrons. The predicted molar refractivity (Wildman–Crippen MR) is 25.9 cm³/mol. The first-order valence-electron chi connectivity index (χ1n) is 2.18. The Morgan fingerprint density at radius 3 is 3.50 bits per heavy atom. The number of nitrogens with one attached hydrogen (secondary N) is 1. The molecule has 0 saturated carbocycles. The number of rotatable bonds is 2. The van der Waals surface area contributed by atoms with Crippen molar-refractivity contribution in [2.24, 2.45) is 0 Å². The summed E-state index contributed by atoms with van der Waals surface area (Å²) in [7, 11) is 2.33. The zero-order valence-corrected chi connectivity index (χ0v) is 3.65. The van der Waals surface area contributed by atoms with Gasteiger partial charge in [0, 0.05) is 0 Å². The Balaban J connectivity index is 2.63. The van der Waals surface area contributed by atoms with Gasteiger partial charge < -0.3 is 5.08 Å². The van der Waals surface area contributed by atoms with Gasteiger partial charge in [-0.1, -0.05) is 0 Å². The molecule has 0 heterocycles. The Morgan fingerprint density at radius 1 is 2.75 bits per heavy atom. The number of hydrogen-bond acceptors (Lipinski definition) is 1.